The van der Waals surface area contributed by atoms with Gasteiger partial charge in [0.15, 0.2) is 0 Å². The molecule has 0 aliphatic heterocycles. The fraction of sp³-hybridized carbons (Fsp3) is 0.333. The first kappa shape index (κ1) is 7.88. The van der Waals surface area contributed by atoms with E-state index in [9.17, 15) is 9.59 Å². The summed E-state index contributed by atoms with van der Waals surface area (Å²) in [6.45, 7) is 1.73. The molecule has 3 nitrogen and oxygen atoms in total. The van der Waals surface area contributed by atoms with E-state index in [0.29, 0.717) is 6.42 Å². The second kappa shape index (κ2) is 5.03. The number of hydrogen-bond donors (Lipinski definition) is 1. The van der Waals surface area contributed by atoms with Crippen LogP contribution in [0.1, 0.15) is 13.3 Å². The Hall–Kier alpha value is -1.12. The largest absolute Gasteiger partial charge is 0.333 e. The lowest BCUT2D eigenvalue weighted by atomic mass is 10.4. The van der Waals surface area contributed by atoms with E-state index in [4.69, 9.17) is 0 Å². The van der Waals surface area contributed by atoms with Crippen LogP contribution in [0.15, 0.2) is 12.3 Å². The van der Waals surface area contributed by atoms with Crippen LogP contribution in [0.5, 0.6) is 0 Å². The Kier molecular flexibility index (Phi) is 4.40. The molecule has 0 aromatic carbocycles. The fourth-order valence-corrected chi connectivity index (χ4v) is 0.271. The van der Waals surface area contributed by atoms with E-state index in [-0.39, 0.29) is 5.91 Å². The van der Waals surface area contributed by atoms with Gasteiger partial charge in [0.25, 0.3) is 0 Å². The highest BCUT2D eigenvalue weighted by Crippen LogP contribution is 1.73. The van der Waals surface area contributed by atoms with Crippen molar-refractivity contribution in [1.29, 1.82) is 0 Å². The predicted molar refractivity (Wildman–Crippen MR) is 33.3 cm³/mol. The molecular formula is C6H8NO2. The van der Waals surface area contributed by atoms with Gasteiger partial charge in [0, 0.05) is 18.7 Å². The average molecular weight is 126 g/mol. The summed E-state index contributed by atoms with van der Waals surface area (Å²) in [6.07, 6.45) is 4.29. The Morgan fingerprint density at radius 3 is 2.89 bits per heavy atom. The smallest absolute Gasteiger partial charge is 0.227 e. The second-order valence-corrected chi connectivity index (χ2v) is 1.37. The van der Waals surface area contributed by atoms with E-state index in [1.54, 1.807) is 6.92 Å². The van der Waals surface area contributed by atoms with Crippen molar-refractivity contribution in [1.82, 2.24) is 5.32 Å². The quantitative estimate of drug-likeness (QED) is 0.546. The van der Waals surface area contributed by atoms with Crippen LogP contribution in [0.2, 0.25) is 0 Å². The first-order valence-electron chi connectivity index (χ1n) is 2.63. The fourth-order valence-electron chi connectivity index (χ4n) is 0.271. The van der Waals surface area contributed by atoms with Crippen molar-refractivity contribution in [3.63, 3.8) is 0 Å². The number of amides is 1. The van der Waals surface area contributed by atoms with Gasteiger partial charge < -0.3 is 5.32 Å². The lowest BCUT2D eigenvalue weighted by Gasteiger charge is -1.90. The standard InChI is InChI=1S/C6H8NO2/c1-2-6(9)7-4-3-5-8/h3-4H,2H2,1H3,(H,7,9). The van der Waals surface area contributed by atoms with Crippen molar-refractivity contribution in [2.45, 2.75) is 13.3 Å². The summed E-state index contributed by atoms with van der Waals surface area (Å²) in [4.78, 5) is 19.9. The Balaban J connectivity index is 3.37. The Morgan fingerprint density at radius 1 is 1.78 bits per heavy atom. The third-order valence-electron chi connectivity index (χ3n) is 0.717. The van der Waals surface area contributed by atoms with E-state index in [1.165, 1.54) is 12.5 Å². The van der Waals surface area contributed by atoms with Crippen molar-refractivity contribution in [3.8, 4) is 0 Å². The molecule has 0 atom stereocenters. The Bertz CT molecular complexity index is 129. The average Bonchev–Trinajstić information content (AvgIpc) is 1.89. The zero-order valence-corrected chi connectivity index (χ0v) is 5.18. The Morgan fingerprint density at radius 2 is 2.44 bits per heavy atom. The summed E-state index contributed by atoms with van der Waals surface area (Å²) < 4.78 is 0. The maximum Gasteiger partial charge on any atom is 0.227 e. The molecule has 49 valence electrons. The highest BCUT2D eigenvalue weighted by Gasteiger charge is 1.88. The third-order valence-corrected chi connectivity index (χ3v) is 0.717. The minimum atomic E-state index is -0.110. The van der Waals surface area contributed by atoms with E-state index in [2.05, 4.69) is 5.32 Å². The van der Waals surface area contributed by atoms with Crippen LogP contribution in [-0.2, 0) is 9.59 Å². The SMILES string of the molecule is CCC(=O)NC=C[C]=O. The van der Waals surface area contributed by atoms with Crippen molar-refractivity contribution in [2.24, 2.45) is 0 Å². The van der Waals surface area contributed by atoms with Gasteiger partial charge in [-0.15, -0.1) is 0 Å². The van der Waals surface area contributed by atoms with Crippen LogP contribution >= 0.6 is 0 Å². The van der Waals surface area contributed by atoms with Crippen LogP contribution in [0.4, 0.5) is 0 Å². The molecule has 1 radical (unpaired) electrons. The normalized spacial score (nSPS) is 9.44. The van der Waals surface area contributed by atoms with Gasteiger partial charge in [-0.1, -0.05) is 6.92 Å². The zero-order chi connectivity index (χ0) is 7.11. The monoisotopic (exact) mass is 126 g/mol. The van der Waals surface area contributed by atoms with Gasteiger partial charge in [0.1, 0.15) is 0 Å². The van der Waals surface area contributed by atoms with E-state index in [1.807, 2.05) is 0 Å². The molecule has 0 saturated carbocycles. The van der Waals surface area contributed by atoms with Gasteiger partial charge in [0.2, 0.25) is 12.2 Å². The van der Waals surface area contributed by atoms with E-state index in [0.717, 1.165) is 6.08 Å². The minimum Gasteiger partial charge on any atom is -0.333 e. The predicted octanol–water partition coefficient (Wildman–Crippen LogP) is 0.136. The van der Waals surface area contributed by atoms with Gasteiger partial charge >= 0.3 is 0 Å². The van der Waals surface area contributed by atoms with Crippen molar-refractivity contribution < 1.29 is 9.59 Å². The molecule has 0 heterocycles. The van der Waals surface area contributed by atoms with E-state index >= 15 is 0 Å². The third kappa shape index (κ3) is 4.74. The van der Waals surface area contributed by atoms with Crippen LogP contribution in [0.3, 0.4) is 0 Å². The number of hydrogen-bond acceptors (Lipinski definition) is 2. The topological polar surface area (TPSA) is 46.2 Å². The molecule has 0 aromatic rings. The molecule has 0 aromatic heterocycles. The maximum atomic E-state index is 10.4. The number of allylic oxidation sites excluding steroid dienone is 1. The lowest BCUT2D eigenvalue weighted by Crippen LogP contribution is -2.14. The molecule has 0 unspecified atom stereocenters. The summed E-state index contributed by atoms with van der Waals surface area (Å²) in [7, 11) is 0. The van der Waals surface area contributed by atoms with Crippen molar-refractivity contribution >= 4 is 12.2 Å². The highest BCUT2D eigenvalue weighted by atomic mass is 16.1. The second-order valence-electron chi connectivity index (χ2n) is 1.37. The molecular weight excluding hydrogens is 118 g/mol. The summed E-state index contributed by atoms with van der Waals surface area (Å²) >= 11 is 0. The molecule has 0 bridgehead atoms. The number of nitrogens with one attached hydrogen (secondary N) is 1. The first-order valence-corrected chi connectivity index (χ1v) is 2.63. The molecule has 0 rings (SSSR count). The summed E-state index contributed by atoms with van der Waals surface area (Å²) in [5, 5.41) is 2.35. The van der Waals surface area contributed by atoms with Gasteiger partial charge in [0.05, 0.1) is 0 Å². The van der Waals surface area contributed by atoms with Gasteiger partial charge in [-0.3, -0.25) is 9.59 Å². The van der Waals surface area contributed by atoms with Gasteiger partial charge in [-0.25, -0.2) is 0 Å². The number of carbonyl (C=O) groups is 1. The minimum absolute atomic E-state index is 0.110. The van der Waals surface area contributed by atoms with Crippen LogP contribution < -0.4 is 5.32 Å². The Labute approximate surface area is 53.7 Å². The molecule has 1 amide bonds. The first-order chi connectivity index (χ1) is 4.31. The molecule has 3 heteroatoms. The number of rotatable bonds is 3. The summed E-state index contributed by atoms with van der Waals surface area (Å²) in [6, 6.07) is 0. The molecule has 0 saturated heterocycles. The number of carbonyl (C=O) groups excluding carboxylic acids is 2. The zero-order valence-electron chi connectivity index (χ0n) is 5.18. The molecule has 0 spiro atoms. The molecule has 9 heavy (non-hydrogen) atoms. The van der Waals surface area contributed by atoms with Crippen LogP contribution in [0.25, 0.3) is 0 Å². The van der Waals surface area contributed by atoms with Gasteiger partial charge in [-0.05, 0) is 0 Å². The van der Waals surface area contributed by atoms with Crippen molar-refractivity contribution in [3.05, 3.63) is 12.3 Å². The highest BCUT2D eigenvalue weighted by molar-refractivity contribution is 5.77. The maximum absolute atomic E-state index is 10.4. The van der Waals surface area contributed by atoms with Crippen molar-refractivity contribution in [2.75, 3.05) is 0 Å². The lowest BCUT2D eigenvalue weighted by molar-refractivity contribution is -0.119. The molecule has 1 N–H and O–H groups in total. The molecule has 0 aliphatic carbocycles. The van der Waals surface area contributed by atoms with Gasteiger partial charge in [-0.2, -0.15) is 0 Å². The molecule has 0 aliphatic rings. The van der Waals surface area contributed by atoms with E-state index < -0.39 is 0 Å². The van der Waals surface area contributed by atoms with Crippen LogP contribution in [0, 0.1) is 0 Å². The summed E-state index contributed by atoms with van der Waals surface area (Å²) in [5.74, 6) is -0.110. The summed E-state index contributed by atoms with van der Waals surface area (Å²) in [5.41, 5.74) is 0. The van der Waals surface area contributed by atoms with Crippen LogP contribution in [-0.4, -0.2) is 12.2 Å². The molecule has 0 fully saturated rings.